The molecule has 174 valence electrons. The second-order valence-corrected chi connectivity index (χ2v) is 9.00. The van der Waals surface area contributed by atoms with Crippen LogP contribution >= 0.6 is 12.6 Å². The smallest absolute Gasteiger partial charge is 0.410 e. The van der Waals surface area contributed by atoms with Gasteiger partial charge < -0.3 is 9.64 Å². The molecule has 0 aliphatic carbocycles. The molecule has 1 aliphatic rings. The molecule has 2 aromatic rings. The van der Waals surface area contributed by atoms with Gasteiger partial charge in [0.25, 0.3) is 0 Å². The molecule has 1 amide bonds. The van der Waals surface area contributed by atoms with Crippen LogP contribution in [0.5, 0.6) is 0 Å². The monoisotopic (exact) mass is 470 g/mol. The van der Waals surface area contributed by atoms with Gasteiger partial charge in [0.1, 0.15) is 23.3 Å². The molecular weight excluding hydrogens is 444 g/mol. The molecule has 2 atom stereocenters. The van der Waals surface area contributed by atoms with Crippen molar-refractivity contribution >= 4 is 18.7 Å². The van der Waals surface area contributed by atoms with Gasteiger partial charge in [0.15, 0.2) is 0 Å². The third-order valence-corrected chi connectivity index (χ3v) is 5.61. The van der Waals surface area contributed by atoms with Gasteiger partial charge in [0.2, 0.25) is 0 Å². The van der Waals surface area contributed by atoms with E-state index in [0.29, 0.717) is 13.0 Å². The lowest BCUT2D eigenvalue weighted by atomic mass is 10.1. The van der Waals surface area contributed by atoms with E-state index in [4.69, 9.17) is 4.74 Å². The van der Waals surface area contributed by atoms with E-state index in [9.17, 15) is 22.4 Å². The zero-order chi connectivity index (χ0) is 23.4. The van der Waals surface area contributed by atoms with Crippen molar-refractivity contribution in [2.75, 3.05) is 13.1 Å². The number of amides is 1. The van der Waals surface area contributed by atoms with Crippen molar-refractivity contribution in [3.8, 4) is 0 Å². The number of rotatable bonds is 7. The van der Waals surface area contributed by atoms with Crippen LogP contribution in [0.15, 0.2) is 36.4 Å². The van der Waals surface area contributed by atoms with Gasteiger partial charge in [-0.05, 0) is 56.7 Å². The molecule has 1 saturated heterocycles. The number of thiol groups is 1. The quantitative estimate of drug-likeness (QED) is 0.448. The van der Waals surface area contributed by atoms with Gasteiger partial charge in [-0.25, -0.2) is 22.4 Å². The van der Waals surface area contributed by atoms with E-state index in [1.165, 1.54) is 0 Å². The molecule has 1 heterocycles. The van der Waals surface area contributed by atoms with Crippen molar-refractivity contribution in [1.82, 2.24) is 9.80 Å². The number of carbonyl (C=O) groups excluding carboxylic acids is 1. The summed E-state index contributed by atoms with van der Waals surface area (Å²) in [6, 6.07) is 5.89. The van der Waals surface area contributed by atoms with E-state index < -0.39 is 29.4 Å². The molecule has 0 radical (unpaired) electrons. The van der Waals surface area contributed by atoms with Crippen molar-refractivity contribution in [1.29, 1.82) is 0 Å². The fourth-order valence-corrected chi connectivity index (χ4v) is 4.27. The van der Waals surface area contributed by atoms with Crippen molar-refractivity contribution in [3.63, 3.8) is 0 Å². The molecule has 2 aromatic carbocycles. The first-order valence-corrected chi connectivity index (χ1v) is 10.9. The van der Waals surface area contributed by atoms with E-state index in [-0.39, 0.29) is 48.2 Å². The summed E-state index contributed by atoms with van der Waals surface area (Å²) >= 11 is 4.49. The Morgan fingerprint density at radius 3 is 2.09 bits per heavy atom. The Labute approximate surface area is 190 Å². The number of carbonyl (C=O) groups is 1. The van der Waals surface area contributed by atoms with E-state index in [1.54, 1.807) is 23.6 Å². The summed E-state index contributed by atoms with van der Waals surface area (Å²) in [4.78, 5) is 15.8. The first-order valence-electron chi connectivity index (χ1n) is 10.4. The summed E-state index contributed by atoms with van der Waals surface area (Å²) in [7, 11) is 0. The third kappa shape index (κ3) is 6.38. The van der Waals surface area contributed by atoms with Gasteiger partial charge in [-0.1, -0.05) is 0 Å². The molecule has 3 rings (SSSR count). The third-order valence-electron chi connectivity index (χ3n) is 5.24. The summed E-state index contributed by atoms with van der Waals surface area (Å²) in [6.07, 6.45) is -0.249. The van der Waals surface area contributed by atoms with Crippen molar-refractivity contribution < 1.29 is 27.1 Å². The molecule has 0 bridgehead atoms. The lowest BCUT2D eigenvalue weighted by Gasteiger charge is -2.31. The second kappa shape index (κ2) is 10.6. The van der Waals surface area contributed by atoms with Crippen LogP contribution < -0.4 is 0 Å². The minimum atomic E-state index is -0.606. The van der Waals surface area contributed by atoms with Crippen molar-refractivity contribution in [2.24, 2.45) is 0 Å². The van der Waals surface area contributed by atoms with Gasteiger partial charge in [0, 0.05) is 48.6 Å². The summed E-state index contributed by atoms with van der Waals surface area (Å²) in [6.45, 7) is 3.96. The maximum Gasteiger partial charge on any atom is 0.410 e. The number of benzene rings is 2. The Kier molecular flexibility index (Phi) is 8.05. The van der Waals surface area contributed by atoms with Crippen LogP contribution in [0.2, 0.25) is 0 Å². The first-order chi connectivity index (χ1) is 15.1. The average Bonchev–Trinajstić information content (AvgIpc) is 3.07. The Bertz CT molecular complexity index is 906. The Balaban J connectivity index is 1.86. The zero-order valence-electron chi connectivity index (χ0n) is 17.9. The average molecular weight is 471 g/mol. The lowest BCUT2D eigenvalue weighted by molar-refractivity contribution is 0.0656. The predicted molar refractivity (Wildman–Crippen MR) is 116 cm³/mol. The Morgan fingerprint density at radius 1 is 1.06 bits per heavy atom. The molecule has 0 saturated carbocycles. The predicted octanol–water partition coefficient (Wildman–Crippen LogP) is 5.16. The van der Waals surface area contributed by atoms with E-state index in [1.807, 2.05) is 0 Å². The highest BCUT2D eigenvalue weighted by atomic mass is 32.1. The van der Waals surface area contributed by atoms with Crippen molar-refractivity contribution in [3.05, 3.63) is 70.8 Å². The van der Waals surface area contributed by atoms with Crippen LogP contribution in [-0.2, 0) is 17.8 Å². The molecule has 4 nitrogen and oxygen atoms in total. The highest BCUT2D eigenvalue weighted by molar-refractivity contribution is 7.81. The number of likely N-dealkylation sites (tertiary alicyclic amines) is 1. The van der Waals surface area contributed by atoms with Crippen LogP contribution in [-0.4, -0.2) is 46.4 Å². The van der Waals surface area contributed by atoms with E-state index in [0.717, 1.165) is 36.4 Å². The fraction of sp³-hybridized carbons (Fsp3) is 0.435. The number of ether oxygens (including phenoxy) is 1. The summed E-state index contributed by atoms with van der Waals surface area (Å²) in [5, 5.41) is -0.0848. The minimum absolute atomic E-state index is 0.0552. The molecule has 0 N–H and O–H groups in total. The SMILES string of the molecule is CC(C)OC(=O)N1CC(S)CC1CN(Cc1cc(F)ccc1F)Cc1cc(F)ccc1F. The number of halogens is 4. The maximum absolute atomic E-state index is 14.3. The van der Waals surface area contributed by atoms with Gasteiger partial charge in [0.05, 0.1) is 6.10 Å². The largest absolute Gasteiger partial charge is 0.447 e. The van der Waals surface area contributed by atoms with E-state index >= 15 is 0 Å². The van der Waals surface area contributed by atoms with Gasteiger partial charge in [-0.15, -0.1) is 0 Å². The van der Waals surface area contributed by atoms with Crippen LogP contribution in [0.25, 0.3) is 0 Å². The van der Waals surface area contributed by atoms with Crippen LogP contribution in [0.4, 0.5) is 22.4 Å². The highest BCUT2D eigenvalue weighted by Gasteiger charge is 2.36. The van der Waals surface area contributed by atoms with E-state index in [2.05, 4.69) is 12.6 Å². The maximum atomic E-state index is 14.3. The normalized spacial score (nSPS) is 18.6. The molecule has 1 aliphatic heterocycles. The molecule has 9 heteroatoms. The zero-order valence-corrected chi connectivity index (χ0v) is 18.8. The minimum Gasteiger partial charge on any atom is -0.447 e. The number of hydrogen-bond acceptors (Lipinski definition) is 4. The fourth-order valence-electron chi connectivity index (χ4n) is 3.85. The summed E-state index contributed by atoms with van der Waals surface area (Å²) < 4.78 is 61.4. The molecule has 2 unspecified atom stereocenters. The summed E-state index contributed by atoms with van der Waals surface area (Å²) in [5.74, 6) is -2.41. The standard InChI is InChI=1S/C23H26F4N2O2S/c1-14(2)31-23(30)29-13-20(32)9-19(29)12-28(10-15-7-17(24)3-5-21(15)26)11-16-8-18(25)4-6-22(16)27/h3-8,14,19-20,32H,9-13H2,1-2H3. The van der Waals surface area contributed by atoms with Crippen molar-refractivity contribution in [2.45, 2.75) is 50.8 Å². The highest BCUT2D eigenvalue weighted by Crippen LogP contribution is 2.26. The number of hydrogen-bond donors (Lipinski definition) is 1. The van der Waals surface area contributed by atoms with Crippen LogP contribution in [0.1, 0.15) is 31.4 Å². The molecule has 1 fully saturated rings. The molecular formula is C23H26F4N2O2S. The van der Waals surface area contributed by atoms with Gasteiger partial charge in [-0.3, -0.25) is 4.90 Å². The second-order valence-electron chi connectivity index (χ2n) is 8.27. The van der Waals surface area contributed by atoms with Gasteiger partial charge >= 0.3 is 6.09 Å². The van der Waals surface area contributed by atoms with Crippen LogP contribution in [0, 0.1) is 23.3 Å². The molecule has 0 aromatic heterocycles. The first kappa shape index (κ1) is 24.4. The molecule has 32 heavy (non-hydrogen) atoms. The molecule has 0 spiro atoms. The lowest BCUT2D eigenvalue weighted by Crippen LogP contribution is -2.44. The Hall–Kier alpha value is -2.26. The topological polar surface area (TPSA) is 32.8 Å². The Morgan fingerprint density at radius 2 is 1.59 bits per heavy atom. The van der Waals surface area contributed by atoms with Gasteiger partial charge in [-0.2, -0.15) is 12.6 Å². The number of nitrogens with zero attached hydrogens (tertiary/aromatic N) is 2. The summed E-state index contributed by atoms with van der Waals surface area (Å²) in [5.41, 5.74) is 0.164. The van der Waals surface area contributed by atoms with Crippen LogP contribution in [0.3, 0.4) is 0 Å².